The van der Waals surface area contributed by atoms with Crippen LogP contribution in [0.5, 0.6) is 0 Å². The minimum atomic E-state index is -4.48. The van der Waals surface area contributed by atoms with Crippen molar-refractivity contribution in [2.24, 2.45) is 0 Å². The fourth-order valence-electron chi connectivity index (χ4n) is 3.09. The number of anilines is 1. The van der Waals surface area contributed by atoms with Crippen LogP contribution >= 0.6 is 27.7 Å². The van der Waals surface area contributed by atoms with E-state index in [1.165, 1.54) is 12.1 Å². The minimum absolute atomic E-state index is 0.0402. The molecule has 0 atom stereocenters. The molecule has 0 saturated carbocycles. The molecule has 2 aromatic carbocycles. The summed E-state index contributed by atoms with van der Waals surface area (Å²) < 4.78 is 47.2. The van der Waals surface area contributed by atoms with Crippen LogP contribution in [0, 0.1) is 0 Å². The van der Waals surface area contributed by atoms with Crippen molar-refractivity contribution in [2.75, 3.05) is 11.1 Å². The van der Waals surface area contributed by atoms with Crippen molar-refractivity contribution in [1.82, 2.24) is 14.8 Å². The van der Waals surface area contributed by atoms with Gasteiger partial charge in [0.2, 0.25) is 11.7 Å². The number of benzene rings is 2. The summed E-state index contributed by atoms with van der Waals surface area (Å²) in [6.45, 7) is 2.46. The Morgan fingerprint density at radius 2 is 2.00 bits per heavy atom. The molecule has 32 heavy (non-hydrogen) atoms. The summed E-state index contributed by atoms with van der Waals surface area (Å²) in [6.07, 6.45) is -4.48. The van der Waals surface area contributed by atoms with Gasteiger partial charge < -0.3 is 9.73 Å². The van der Waals surface area contributed by atoms with E-state index in [4.69, 9.17) is 4.42 Å². The summed E-state index contributed by atoms with van der Waals surface area (Å²) in [5, 5.41) is 12.3. The monoisotopic (exact) mass is 524 g/mol. The Bertz CT molecular complexity index is 1290. The maximum absolute atomic E-state index is 12.8. The lowest BCUT2D eigenvalue weighted by Crippen LogP contribution is -2.15. The molecule has 0 aliphatic heterocycles. The first-order valence-electron chi connectivity index (χ1n) is 9.47. The van der Waals surface area contributed by atoms with E-state index in [9.17, 15) is 18.0 Å². The largest absolute Gasteiger partial charge is 0.453 e. The Labute approximate surface area is 193 Å². The van der Waals surface area contributed by atoms with Crippen LogP contribution in [-0.4, -0.2) is 26.4 Å². The second-order valence-corrected chi connectivity index (χ2v) is 8.62. The van der Waals surface area contributed by atoms with Crippen molar-refractivity contribution >= 4 is 50.3 Å². The SMILES string of the molecule is CCn1c(SCC(=O)Nc2cccc(C(F)(F)F)c2)nnc1-c1cc2cc(Br)ccc2o1. The number of carbonyl (C=O) groups excluding carboxylic acids is 1. The lowest BCUT2D eigenvalue weighted by molar-refractivity contribution is -0.137. The number of nitrogens with zero attached hydrogens (tertiary/aromatic N) is 3. The number of fused-ring (bicyclic) bond motifs is 1. The van der Waals surface area contributed by atoms with Gasteiger partial charge >= 0.3 is 6.18 Å². The van der Waals surface area contributed by atoms with E-state index in [0.717, 1.165) is 33.8 Å². The molecule has 0 fully saturated rings. The zero-order chi connectivity index (χ0) is 22.9. The van der Waals surface area contributed by atoms with Crippen LogP contribution in [0.25, 0.3) is 22.6 Å². The van der Waals surface area contributed by atoms with Gasteiger partial charge in [0, 0.05) is 22.1 Å². The second-order valence-electron chi connectivity index (χ2n) is 6.76. The first kappa shape index (κ1) is 22.4. The zero-order valence-electron chi connectivity index (χ0n) is 16.6. The molecule has 0 bridgehead atoms. The number of carbonyl (C=O) groups is 1. The van der Waals surface area contributed by atoms with Crippen molar-refractivity contribution in [2.45, 2.75) is 24.8 Å². The van der Waals surface area contributed by atoms with Gasteiger partial charge in [-0.3, -0.25) is 9.36 Å². The van der Waals surface area contributed by atoms with Gasteiger partial charge in [-0.2, -0.15) is 13.2 Å². The van der Waals surface area contributed by atoms with Crippen LogP contribution in [0.1, 0.15) is 12.5 Å². The number of hydrogen-bond donors (Lipinski definition) is 1. The fraction of sp³-hybridized carbons (Fsp3) is 0.190. The molecule has 4 aromatic rings. The Balaban J connectivity index is 1.47. The van der Waals surface area contributed by atoms with Gasteiger partial charge in [-0.05, 0) is 49.4 Å². The lowest BCUT2D eigenvalue weighted by atomic mass is 10.2. The first-order valence-corrected chi connectivity index (χ1v) is 11.2. The van der Waals surface area contributed by atoms with E-state index < -0.39 is 17.6 Å². The Morgan fingerprint density at radius 3 is 2.75 bits per heavy atom. The molecular formula is C21H16BrF3N4O2S. The molecule has 2 heterocycles. The highest BCUT2D eigenvalue weighted by molar-refractivity contribution is 9.10. The quantitative estimate of drug-likeness (QED) is 0.303. The van der Waals surface area contributed by atoms with E-state index in [2.05, 4.69) is 31.4 Å². The number of thioether (sulfide) groups is 1. The number of alkyl halides is 3. The third-order valence-corrected chi connectivity index (χ3v) is 6.00. The van der Waals surface area contributed by atoms with Crippen molar-refractivity contribution in [3.8, 4) is 11.6 Å². The van der Waals surface area contributed by atoms with Crippen molar-refractivity contribution in [3.63, 3.8) is 0 Å². The predicted octanol–water partition coefficient (Wildman–Crippen LogP) is 6.22. The lowest BCUT2D eigenvalue weighted by Gasteiger charge is -2.10. The minimum Gasteiger partial charge on any atom is -0.453 e. The first-order chi connectivity index (χ1) is 15.2. The molecular weight excluding hydrogens is 509 g/mol. The molecule has 0 saturated heterocycles. The molecule has 4 rings (SSSR count). The average Bonchev–Trinajstić information content (AvgIpc) is 3.34. The third-order valence-electron chi connectivity index (χ3n) is 4.54. The Morgan fingerprint density at radius 1 is 1.19 bits per heavy atom. The molecule has 1 N–H and O–H groups in total. The number of aromatic nitrogens is 3. The van der Waals surface area contributed by atoms with E-state index in [0.29, 0.717) is 28.9 Å². The average molecular weight is 525 g/mol. The molecule has 2 aromatic heterocycles. The molecule has 0 radical (unpaired) electrons. The Hall–Kier alpha value is -2.79. The number of amides is 1. The summed E-state index contributed by atoms with van der Waals surface area (Å²) >= 11 is 4.57. The van der Waals surface area contributed by atoms with Crippen molar-refractivity contribution in [1.29, 1.82) is 0 Å². The van der Waals surface area contributed by atoms with Crippen LogP contribution in [0.15, 0.2) is 62.6 Å². The van der Waals surface area contributed by atoms with Gasteiger partial charge in [-0.15, -0.1) is 10.2 Å². The smallest absolute Gasteiger partial charge is 0.416 e. The van der Waals surface area contributed by atoms with Gasteiger partial charge in [0.25, 0.3) is 0 Å². The molecule has 0 aliphatic rings. The number of furan rings is 1. The van der Waals surface area contributed by atoms with E-state index in [-0.39, 0.29) is 11.4 Å². The summed E-state index contributed by atoms with van der Waals surface area (Å²) in [5.41, 5.74) is -0.0313. The highest BCUT2D eigenvalue weighted by Crippen LogP contribution is 2.32. The van der Waals surface area contributed by atoms with Crippen LogP contribution in [0.2, 0.25) is 0 Å². The molecule has 0 aliphatic carbocycles. The Kier molecular flexibility index (Phi) is 6.29. The van der Waals surface area contributed by atoms with Crippen LogP contribution < -0.4 is 5.32 Å². The van der Waals surface area contributed by atoms with Gasteiger partial charge in [0.05, 0.1) is 11.3 Å². The fourth-order valence-corrected chi connectivity index (χ4v) is 4.27. The standard InChI is InChI=1S/C21H16BrF3N4O2S/c1-2-29-19(17-9-12-8-14(22)6-7-16(12)31-17)27-28-20(29)32-11-18(30)26-15-5-3-4-13(10-15)21(23,24)25/h3-10H,2,11H2,1H3,(H,26,30). The number of hydrogen-bond acceptors (Lipinski definition) is 5. The zero-order valence-corrected chi connectivity index (χ0v) is 19.0. The molecule has 0 spiro atoms. The number of nitrogens with one attached hydrogen (secondary N) is 1. The second kappa shape index (κ2) is 8.99. The van der Waals surface area contributed by atoms with Gasteiger partial charge in [-0.1, -0.05) is 33.8 Å². The van der Waals surface area contributed by atoms with Gasteiger partial charge in [-0.25, -0.2) is 0 Å². The summed E-state index contributed by atoms with van der Waals surface area (Å²) in [7, 11) is 0. The summed E-state index contributed by atoms with van der Waals surface area (Å²) in [5.74, 6) is 0.588. The number of halogens is 4. The van der Waals surface area contributed by atoms with E-state index in [1.54, 1.807) is 0 Å². The van der Waals surface area contributed by atoms with Crippen molar-refractivity contribution < 1.29 is 22.4 Å². The topological polar surface area (TPSA) is 73.0 Å². The van der Waals surface area contributed by atoms with Crippen LogP contribution in [0.4, 0.5) is 18.9 Å². The van der Waals surface area contributed by atoms with Crippen LogP contribution in [0.3, 0.4) is 0 Å². The van der Waals surface area contributed by atoms with Crippen LogP contribution in [-0.2, 0) is 17.5 Å². The molecule has 6 nitrogen and oxygen atoms in total. The molecule has 166 valence electrons. The van der Waals surface area contributed by atoms with Gasteiger partial charge in [0.15, 0.2) is 10.9 Å². The van der Waals surface area contributed by atoms with E-state index >= 15 is 0 Å². The summed E-state index contributed by atoms with van der Waals surface area (Å²) in [6, 6.07) is 12.0. The maximum Gasteiger partial charge on any atom is 0.416 e. The molecule has 11 heteroatoms. The highest BCUT2D eigenvalue weighted by Gasteiger charge is 2.30. The third kappa shape index (κ3) is 4.83. The predicted molar refractivity (Wildman–Crippen MR) is 119 cm³/mol. The van der Waals surface area contributed by atoms with E-state index in [1.807, 2.05) is 35.8 Å². The number of rotatable bonds is 6. The van der Waals surface area contributed by atoms with Gasteiger partial charge in [0.1, 0.15) is 5.58 Å². The highest BCUT2D eigenvalue weighted by atomic mass is 79.9. The van der Waals surface area contributed by atoms with Crippen molar-refractivity contribution in [3.05, 3.63) is 58.6 Å². The normalized spacial score (nSPS) is 11.8. The maximum atomic E-state index is 12.8. The molecule has 1 amide bonds. The summed E-state index contributed by atoms with van der Waals surface area (Å²) in [4.78, 5) is 12.3. The molecule has 0 unspecified atom stereocenters.